The molecule has 16 heavy (non-hydrogen) atoms. The van der Waals surface area contributed by atoms with Gasteiger partial charge in [-0.1, -0.05) is 52.4 Å². The van der Waals surface area contributed by atoms with Crippen LogP contribution in [-0.4, -0.2) is 10.2 Å². The highest BCUT2D eigenvalue weighted by atomic mass is 127. The van der Waals surface area contributed by atoms with E-state index in [1.165, 1.54) is 9.13 Å². The molecule has 2 nitrogen and oxygen atoms in total. The van der Waals surface area contributed by atoms with E-state index in [1.54, 1.807) is 11.3 Å². The van der Waals surface area contributed by atoms with Crippen molar-refractivity contribution in [2.75, 3.05) is 0 Å². The van der Waals surface area contributed by atoms with E-state index in [1.807, 2.05) is 12.1 Å². The minimum atomic E-state index is 0.320. The van der Waals surface area contributed by atoms with Crippen LogP contribution in [0.3, 0.4) is 0 Å². The monoisotopic (exact) mass is 408 g/mol. The van der Waals surface area contributed by atoms with Gasteiger partial charge in [-0.2, -0.15) is 0 Å². The first-order valence-corrected chi connectivity index (χ1v) is 7.75. The van der Waals surface area contributed by atoms with Gasteiger partial charge in [-0.25, -0.2) is 0 Å². The Kier molecular flexibility index (Phi) is 4.32. The Morgan fingerprint density at radius 2 is 2.12 bits per heavy atom. The van der Waals surface area contributed by atoms with Crippen LogP contribution in [0.4, 0.5) is 0 Å². The number of alkyl halides is 1. The summed E-state index contributed by atoms with van der Waals surface area (Å²) in [6.07, 6.45) is 1.03. The molecular formula is C11H10BrIN2S. The minimum Gasteiger partial charge on any atom is -0.142 e. The lowest BCUT2D eigenvalue weighted by atomic mass is 10.2. The van der Waals surface area contributed by atoms with Crippen molar-refractivity contribution in [2.24, 2.45) is 0 Å². The zero-order valence-electron chi connectivity index (χ0n) is 8.65. The molecule has 0 saturated heterocycles. The van der Waals surface area contributed by atoms with Crippen molar-refractivity contribution < 1.29 is 0 Å². The molecule has 5 heteroatoms. The zero-order valence-corrected chi connectivity index (χ0v) is 13.2. The SMILES string of the molecule is CCC(Br)c1nnc(-c2ccccc2I)s1. The summed E-state index contributed by atoms with van der Waals surface area (Å²) in [6, 6.07) is 8.24. The molecule has 1 heterocycles. The predicted octanol–water partition coefficient (Wildman–Crippen LogP) is 4.66. The van der Waals surface area contributed by atoms with Crippen molar-refractivity contribution in [3.63, 3.8) is 0 Å². The molecule has 0 N–H and O–H groups in total. The number of hydrogen-bond donors (Lipinski definition) is 0. The molecule has 0 aliphatic rings. The van der Waals surface area contributed by atoms with Gasteiger partial charge in [0.1, 0.15) is 10.0 Å². The first-order valence-electron chi connectivity index (χ1n) is 4.94. The van der Waals surface area contributed by atoms with E-state index in [-0.39, 0.29) is 0 Å². The molecule has 1 aromatic carbocycles. The Morgan fingerprint density at radius 3 is 2.81 bits per heavy atom. The van der Waals surface area contributed by atoms with E-state index >= 15 is 0 Å². The van der Waals surface area contributed by atoms with E-state index in [2.05, 4.69) is 67.8 Å². The molecule has 0 aliphatic carbocycles. The third kappa shape index (κ3) is 2.62. The highest BCUT2D eigenvalue weighted by molar-refractivity contribution is 14.1. The molecule has 2 rings (SSSR count). The van der Waals surface area contributed by atoms with Crippen LogP contribution in [0.1, 0.15) is 23.2 Å². The molecule has 0 bridgehead atoms. The topological polar surface area (TPSA) is 25.8 Å². The average Bonchev–Trinajstić information content (AvgIpc) is 2.78. The zero-order chi connectivity index (χ0) is 11.5. The third-order valence-corrected chi connectivity index (χ3v) is 5.57. The summed E-state index contributed by atoms with van der Waals surface area (Å²) in [5, 5.41) is 10.5. The van der Waals surface area contributed by atoms with E-state index in [0.29, 0.717) is 4.83 Å². The summed E-state index contributed by atoms with van der Waals surface area (Å²) in [5.41, 5.74) is 1.17. The Morgan fingerprint density at radius 1 is 1.38 bits per heavy atom. The number of nitrogens with zero attached hydrogens (tertiary/aromatic N) is 2. The lowest BCUT2D eigenvalue weighted by Gasteiger charge is -1.99. The number of hydrogen-bond acceptors (Lipinski definition) is 3. The van der Waals surface area contributed by atoms with Crippen LogP contribution in [-0.2, 0) is 0 Å². The molecule has 0 spiro atoms. The van der Waals surface area contributed by atoms with Gasteiger partial charge in [0.2, 0.25) is 0 Å². The second kappa shape index (κ2) is 5.55. The maximum Gasteiger partial charge on any atom is 0.148 e. The molecule has 1 atom stereocenters. The highest BCUT2D eigenvalue weighted by Crippen LogP contribution is 2.33. The fourth-order valence-corrected chi connectivity index (χ4v) is 3.42. The molecular weight excluding hydrogens is 399 g/mol. The highest BCUT2D eigenvalue weighted by Gasteiger charge is 2.13. The summed E-state index contributed by atoms with van der Waals surface area (Å²) in [6.45, 7) is 2.13. The van der Waals surface area contributed by atoms with Crippen LogP contribution >= 0.6 is 49.9 Å². The van der Waals surface area contributed by atoms with E-state index in [0.717, 1.165) is 16.4 Å². The maximum absolute atomic E-state index is 4.25. The van der Waals surface area contributed by atoms with Crippen molar-refractivity contribution in [1.29, 1.82) is 0 Å². The first-order chi connectivity index (χ1) is 7.72. The van der Waals surface area contributed by atoms with Gasteiger partial charge in [0.25, 0.3) is 0 Å². The smallest absolute Gasteiger partial charge is 0.142 e. The third-order valence-electron chi connectivity index (χ3n) is 2.17. The maximum atomic E-state index is 4.25. The van der Waals surface area contributed by atoms with Crippen LogP contribution in [0.15, 0.2) is 24.3 Å². The van der Waals surface area contributed by atoms with Crippen molar-refractivity contribution in [2.45, 2.75) is 18.2 Å². The van der Waals surface area contributed by atoms with Crippen molar-refractivity contribution in [3.8, 4) is 10.6 Å². The fraction of sp³-hybridized carbons (Fsp3) is 0.273. The van der Waals surface area contributed by atoms with E-state index < -0.39 is 0 Å². The van der Waals surface area contributed by atoms with Crippen molar-refractivity contribution in [1.82, 2.24) is 10.2 Å². The quantitative estimate of drug-likeness (QED) is 0.545. The average molecular weight is 409 g/mol. The molecule has 1 unspecified atom stereocenters. The number of benzene rings is 1. The van der Waals surface area contributed by atoms with Gasteiger partial charge in [-0.05, 0) is 35.1 Å². The number of aromatic nitrogens is 2. The van der Waals surface area contributed by atoms with Crippen LogP contribution in [0.25, 0.3) is 10.6 Å². The number of halogens is 2. The van der Waals surface area contributed by atoms with Gasteiger partial charge >= 0.3 is 0 Å². The van der Waals surface area contributed by atoms with Crippen LogP contribution in [0.5, 0.6) is 0 Å². The van der Waals surface area contributed by atoms with Gasteiger partial charge in [-0.3, -0.25) is 0 Å². The lowest BCUT2D eigenvalue weighted by molar-refractivity contribution is 0.870. The summed E-state index contributed by atoms with van der Waals surface area (Å²) in [7, 11) is 0. The molecule has 0 fully saturated rings. The summed E-state index contributed by atoms with van der Waals surface area (Å²) in [5.74, 6) is 0. The Hall–Kier alpha value is -0.0100. The molecule has 2 aromatic rings. The summed E-state index contributed by atoms with van der Waals surface area (Å²) in [4.78, 5) is 0.320. The van der Waals surface area contributed by atoms with Gasteiger partial charge in [0.05, 0.1) is 4.83 Å². The number of rotatable bonds is 3. The van der Waals surface area contributed by atoms with Gasteiger partial charge in [0, 0.05) is 9.13 Å². The fourth-order valence-electron chi connectivity index (χ4n) is 1.28. The van der Waals surface area contributed by atoms with E-state index in [4.69, 9.17) is 0 Å². The first kappa shape index (κ1) is 12.4. The molecule has 0 radical (unpaired) electrons. The summed E-state index contributed by atoms with van der Waals surface area (Å²) < 4.78 is 1.21. The standard InChI is InChI=1S/C11H10BrIN2S/c1-2-8(12)11-15-14-10(16-11)7-5-3-4-6-9(7)13/h3-6,8H,2H2,1H3. The Labute approximate surface area is 121 Å². The normalized spacial score (nSPS) is 12.7. The lowest BCUT2D eigenvalue weighted by Crippen LogP contribution is -1.85. The minimum absolute atomic E-state index is 0.320. The summed E-state index contributed by atoms with van der Waals surface area (Å²) >= 11 is 7.58. The Bertz CT molecular complexity index is 486. The Balaban J connectivity index is 2.35. The van der Waals surface area contributed by atoms with Crippen molar-refractivity contribution in [3.05, 3.63) is 32.8 Å². The predicted molar refractivity (Wildman–Crippen MR) is 80.0 cm³/mol. The van der Waals surface area contributed by atoms with Crippen LogP contribution in [0.2, 0.25) is 0 Å². The molecule has 1 aromatic heterocycles. The largest absolute Gasteiger partial charge is 0.148 e. The van der Waals surface area contributed by atoms with Crippen LogP contribution in [0, 0.1) is 3.57 Å². The van der Waals surface area contributed by atoms with Gasteiger partial charge in [0.15, 0.2) is 0 Å². The molecule has 0 amide bonds. The van der Waals surface area contributed by atoms with Gasteiger partial charge in [-0.15, -0.1) is 10.2 Å². The van der Waals surface area contributed by atoms with Crippen LogP contribution < -0.4 is 0 Å². The van der Waals surface area contributed by atoms with Gasteiger partial charge < -0.3 is 0 Å². The molecule has 0 aliphatic heterocycles. The molecule has 84 valence electrons. The second-order valence-corrected chi connectivity index (χ2v) is 6.58. The van der Waals surface area contributed by atoms with E-state index in [9.17, 15) is 0 Å². The van der Waals surface area contributed by atoms with Crippen molar-refractivity contribution >= 4 is 49.9 Å². The second-order valence-electron chi connectivity index (χ2n) is 3.30. The molecule has 0 saturated carbocycles.